The van der Waals surface area contributed by atoms with Crippen LogP contribution in [0.25, 0.3) is 0 Å². The van der Waals surface area contributed by atoms with E-state index >= 15 is 0 Å². The Labute approximate surface area is 101 Å². The summed E-state index contributed by atoms with van der Waals surface area (Å²) in [5.74, 6) is 0.237. The second kappa shape index (κ2) is 4.66. The third-order valence-electron chi connectivity index (χ3n) is 3.46. The van der Waals surface area contributed by atoms with Gasteiger partial charge in [-0.1, -0.05) is 12.1 Å². The van der Waals surface area contributed by atoms with E-state index in [9.17, 15) is 9.59 Å². The van der Waals surface area contributed by atoms with E-state index in [0.29, 0.717) is 6.42 Å². The molecule has 0 saturated heterocycles. The highest BCUT2D eigenvalue weighted by atomic mass is 16.1. The number of hydrogen-bond acceptors (Lipinski definition) is 2. The number of hydrogen-bond donors (Lipinski definition) is 0. The first-order valence-electron chi connectivity index (χ1n) is 5.88. The van der Waals surface area contributed by atoms with Gasteiger partial charge in [0.25, 0.3) is 0 Å². The van der Waals surface area contributed by atoms with Gasteiger partial charge in [-0.25, -0.2) is 0 Å². The van der Waals surface area contributed by atoms with E-state index in [4.69, 9.17) is 0 Å². The molecule has 1 aliphatic carbocycles. The summed E-state index contributed by atoms with van der Waals surface area (Å²) in [6.45, 7) is 4.10. The van der Waals surface area contributed by atoms with Crippen molar-refractivity contribution < 1.29 is 9.59 Å². The molecule has 1 aromatic carbocycles. The summed E-state index contributed by atoms with van der Waals surface area (Å²) >= 11 is 0. The van der Waals surface area contributed by atoms with Crippen LogP contribution in [0.1, 0.15) is 33.5 Å². The predicted molar refractivity (Wildman–Crippen MR) is 67.3 cm³/mol. The van der Waals surface area contributed by atoms with Crippen molar-refractivity contribution in [1.29, 1.82) is 0 Å². The predicted octanol–water partition coefficient (Wildman–Crippen LogP) is 2.80. The lowest BCUT2D eigenvalue weighted by molar-refractivity contribution is -0.104. The Morgan fingerprint density at radius 1 is 1.29 bits per heavy atom. The summed E-state index contributed by atoms with van der Waals surface area (Å²) in [4.78, 5) is 22.3. The molecule has 0 saturated carbocycles. The second-order valence-electron chi connectivity index (χ2n) is 4.66. The van der Waals surface area contributed by atoms with E-state index < -0.39 is 0 Å². The summed E-state index contributed by atoms with van der Waals surface area (Å²) in [5, 5.41) is 0. The standard InChI is InChI=1S/C15H16O2/c1-10-7-13-9-12(5-3-4-6-16)15(17)14(13)8-11(10)2/h3-4,6-8,12H,5,9H2,1-2H3/b4-3+. The molecule has 17 heavy (non-hydrogen) atoms. The molecule has 0 amide bonds. The van der Waals surface area contributed by atoms with Crippen molar-refractivity contribution in [2.45, 2.75) is 26.7 Å². The van der Waals surface area contributed by atoms with Crippen LogP contribution in [0.2, 0.25) is 0 Å². The number of allylic oxidation sites excluding steroid dienone is 2. The molecule has 1 aliphatic rings. The molecule has 1 aromatic rings. The minimum absolute atomic E-state index is 0.0161. The van der Waals surface area contributed by atoms with Crippen molar-refractivity contribution in [3.05, 3.63) is 46.5 Å². The fraction of sp³-hybridized carbons (Fsp3) is 0.333. The van der Waals surface area contributed by atoms with Crippen molar-refractivity contribution in [3.8, 4) is 0 Å². The zero-order valence-corrected chi connectivity index (χ0v) is 10.2. The molecule has 0 aliphatic heterocycles. The Morgan fingerprint density at radius 2 is 2.00 bits per heavy atom. The van der Waals surface area contributed by atoms with Crippen LogP contribution in [0.15, 0.2) is 24.3 Å². The van der Waals surface area contributed by atoms with Gasteiger partial charge in [0.1, 0.15) is 6.29 Å². The molecule has 88 valence electrons. The number of carbonyl (C=O) groups excluding carboxylic acids is 2. The van der Waals surface area contributed by atoms with Gasteiger partial charge in [0.15, 0.2) is 5.78 Å². The van der Waals surface area contributed by atoms with Crippen LogP contribution >= 0.6 is 0 Å². The molecular formula is C15H16O2. The van der Waals surface area contributed by atoms with Gasteiger partial charge >= 0.3 is 0 Å². The molecule has 2 heteroatoms. The maximum Gasteiger partial charge on any atom is 0.166 e. The van der Waals surface area contributed by atoms with Crippen LogP contribution in [0.5, 0.6) is 0 Å². The normalized spacial score (nSPS) is 18.7. The smallest absolute Gasteiger partial charge is 0.166 e. The monoisotopic (exact) mass is 228 g/mol. The van der Waals surface area contributed by atoms with E-state index in [1.165, 1.54) is 17.2 Å². The van der Waals surface area contributed by atoms with Gasteiger partial charge < -0.3 is 0 Å². The van der Waals surface area contributed by atoms with Gasteiger partial charge in [0, 0.05) is 11.5 Å². The van der Waals surface area contributed by atoms with E-state index in [1.54, 1.807) is 6.08 Å². The maximum absolute atomic E-state index is 12.1. The molecule has 2 nitrogen and oxygen atoms in total. The largest absolute Gasteiger partial charge is 0.299 e. The van der Waals surface area contributed by atoms with E-state index in [0.717, 1.165) is 23.8 Å². The first-order valence-corrected chi connectivity index (χ1v) is 5.88. The Hall–Kier alpha value is -1.70. The maximum atomic E-state index is 12.1. The van der Waals surface area contributed by atoms with E-state index in [2.05, 4.69) is 13.0 Å². The quantitative estimate of drug-likeness (QED) is 0.589. The fourth-order valence-corrected chi connectivity index (χ4v) is 2.34. The summed E-state index contributed by atoms with van der Waals surface area (Å²) < 4.78 is 0. The third kappa shape index (κ3) is 2.21. The highest BCUT2D eigenvalue weighted by Crippen LogP contribution is 2.31. The Balaban J connectivity index is 2.23. The highest BCUT2D eigenvalue weighted by molar-refractivity contribution is 6.02. The van der Waals surface area contributed by atoms with Crippen LogP contribution in [0, 0.1) is 19.8 Å². The van der Waals surface area contributed by atoms with Gasteiger partial charge in [-0.15, -0.1) is 0 Å². The molecule has 0 radical (unpaired) electrons. The van der Waals surface area contributed by atoms with Gasteiger partial charge in [-0.3, -0.25) is 9.59 Å². The number of Topliss-reactive ketones (excluding diaryl/α,β-unsaturated/α-hetero) is 1. The summed E-state index contributed by atoms with van der Waals surface area (Å²) in [5.41, 5.74) is 4.43. The van der Waals surface area contributed by atoms with Crippen molar-refractivity contribution in [1.82, 2.24) is 0 Å². The number of ketones is 1. The van der Waals surface area contributed by atoms with Crippen LogP contribution in [-0.2, 0) is 11.2 Å². The van der Waals surface area contributed by atoms with E-state index in [1.807, 2.05) is 13.0 Å². The van der Waals surface area contributed by atoms with Crippen molar-refractivity contribution in [2.75, 3.05) is 0 Å². The molecule has 0 heterocycles. The van der Waals surface area contributed by atoms with Crippen LogP contribution < -0.4 is 0 Å². The average molecular weight is 228 g/mol. The molecule has 1 unspecified atom stereocenters. The highest BCUT2D eigenvalue weighted by Gasteiger charge is 2.29. The number of aryl methyl sites for hydroxylation is 2. The molecule has 2 rings (SSSR count). The van der Waals surface area contributed by atoms with Crippen molar-refractivity contribution in [2.24, 2.45) is 5.92 Å². The first kappa shape index (κ1) is 11.8. The number of aldehydes is 1. The average Bonchev–Trinajstić information content (AvgIpc) is 2.58. The van der Waals surface area contributed by atoms with Gasteiger partial charge in [0.05, 0.1) is 0 Å². The SMILES string of the molecule is Cc1cc2c(cc1C)C(=O)C(C/C=C/C=O)C2. The Bertz CT molecular complexity index is 498. The molecule has 0 N–H and O–H groups in total. The zero-order chi connectivity index (χ0) is 12.4. The topological polar surface area (TPSA) is 34.1 Å². The van der Waals surface area contributed by atoms with Crippen LogP contribution in [0.3, 0.4) is 0 Å². The van der Waals surface area contributed by atoms with Gasteiger partial charge in [0.2, 0.25) is 0 Å². The summed E-state index contributed by atoms with van der Waals surface area (Å²) in [6.07, 6.45) is 5.46. The minimum Gasteiger partial charge on any atom is -0.299 e. The summed E-state index contributed by atoms with van der Waals surface area (Å²) in [7, 11) is 0. The minimum atomic E-state index is 0.0161. The second-order valence-corrected chi connectivity index (χ2v) is 4.66. The van der Waals surface area contributed by atoms with Crippen LogP contribution in [0.4, 0.5) is 0 Å². The molecule has 0 aromatic heterocycles. The van der Waals surface area contributed by atoms with Gasteiger partial charge in [-0.05, 0) is 55.5 Å². The third-order valence-corrected chi connectivity index (χ3v) is 3.46. The fourth-order valence-electron chi connectivity index (χ4n) is 2.34. The first-order chi connectivity index (χ1) is 8.13. The van der Waals surface area contributed by atoms with Crippen molar-refractivity contribution >= 4 is 12.1 Å². The number of benzene rings is 1. The summed E-state index contributed by atoms with van der Waals surface area (Å²) in [6, 6.07) is 4.11. The molecule has 0 spiro atoms. The number of fused-ring (bicyclic) bond motifs is 1. The lowest BCUT2D eigenvalue weighted by Crippen LogP contribution is -2.07. The Morgan fingerprint density at radius 3 is 2.71 bits per heavy atom. The molecule has 0 bridgehead atoms. The molecule has 0 fully saturated rings. The van der Waals surface area contributed by atoms with Crippen molar-refractivity contribution in [3.63, 3.8) is 0 Å². The Kier molecular flexibility index (Phi) is 3.23. The van der Waals surface area contributed by atoms with Gasteiger partial charge in [-0.2, -0.15) is 0 Å². The van der Waals surface area contributed by atoms with E-state index in [-0.39, 0.29) is 11.7 Å². The molecular weight excluding hydrogens is 212 g/mol. The number of carbonyl (C=O) groups is 2. The lowest BCUT2D eigenvalue weighted by atomic mass is 10.0. The zero-order valence-electron chi connectivity index (χ0n) is 10.2. The number of rotatable bonds is 3. The van der Waals surface area contributed by atoms with Crippen LogP contribution in [-0.4, -0.2) is 12.1 Å². The molecule has 1 atom stereocenters. The lowest BCUT2D eigenvalue weighted by Gasteiger charge is -2.03.